The molecule has 1 amide bonds. The van der Waals surface area contributed by atoms with Gasteiger partial charge in [-0.05, 0) is 35.9 Å². The van der Waals surface area contributed by atoms with Crippen LogP contribution in [0.15, 0.2) is 57.4 Å². The standard InChI is InChI=1S/C21H16Cl2N4O5S2/c1-34(29,30)21-26-33-20-25-19(28)13(18(24)27(20)21)10-12-6-7-17(15(23)11-12)32-9-8-31-16-5-3-2-4-14(16)22/h2-7,10-11,24H,8-9H2,1H3/b13-10-,24-18?. The first-order valence-electron chi connectivity index (χ1n) is 9.63. The first kappa shape index (κ1) is 24.3. The first-order valence-corrected chi connectivity index (χ1v) is 13.1. The van der Waals surface area contributed by atoms with E-state index in [0.717, 1.165) is 23.1 Å². The summed E-state index contributed by atoms with van der Waals surface area (Å²) in [6, 6.07) is 11.9. The maximum atomic E-state index is 12.5. The average molecular weight is 539 g/mol. The van der Waals surface area contributed by atoms with Crippen molar-refractivity contribution in [1.82, 2.24) is 4.90 Å². The summed E-state index contributed by atoms with van der Waals surface area (Å²) in [5.41, 5.74) is 0.404. The van der Waals surface area contributed by atoms with Gasteiger partial charge < -0.3 is 9.47 Å². The first-order chi connectivity index (χ1) is 16.1. The molecule has 0 radical (unpaired) electrons. The molecule has 2 aromatic rings. The molecule has 2 heterocycles. The molecule has 2 aliphatic rings. The SMILES string of the molecule is CS(=O)(=O)C1=NSC2=NC(=O)/C(=C\c3ccc(OCCOc4ccccc4Cl)c(Cl)c3)C(=N)N21. The number of fused-ring (bicyclic) bond motifs is 1. The highest BCUT2D eigenvalue weighted by Gasteiger charge is 2.41. The monoisotopic (exact) mass is 538 g/mol. The second-order valence-corrected chi connectivity index (χ2v) is 10.5. The third-order valence-electron chi connectivity index (χ3n) is 4.53. The van der Waals surface area contributed by atoms with E-state index in [1.54, 1.807) is 36.4 Å². The molecule has 0 fully saturated rings. The lowest BCUT2D eigenvalue weighted by atomic mass is 10.1. The number of carbonyl (C=O) groups is 1. The van der Waals surface area contributed by atoms with Gasteiger partial charge in [0.15, 0.2) is 0 Å². The summed E-state index contributed by atoms with van der Waals surface area (Å²) >= 11 is 13.1. The highest BCUT2D eigenvalue weighted by atomic mass is 35.5. The molecular formula is C21H16Cl2N4O5S2. The Bertz CT molecular complexity index is 1390. The van der Waals surface area contributed by atoms with Crippen LogP contribution >= 0.6 is 35.1 Å². The van der Waals surface area contributed by atoms with Gasteiger partial charge >= 0.3 is 0 Å². The van der Waals surface area contributed by atoms with Gasteiger partial charge in [0.05, 0.1) is 27.6 Å². The third kappa shape index (κ3) is 5.12. The number of amides is 1. The zero-order chi connectivity index (χ0) is 24.5. The predicted octanol–water partition coefficient (Wildman–Crippen LogP) is 4.07. The van der Waals surface area contributed by atoms with E-state index in [9.17, 15) is 13.2 Å². The molecule has 0 unspecified atom stereocenters. The molecule has 0 atom stereocenters. The van der Waals surface area contributed by atoms with Crippen molar-refractivity contribution in [3.63, 3.8) is 0 Å². The molecule has 9 nitrogen and oxygen atoms in total. The Kier molecular flexibility index (Phi) is 6.99. The van der Waals surface area contributed by atoms with E-state index in [1.165, 1.54) is 6.08 Å². The van der Waals surface area contributed by atoms with E-state index < -0.39 is 15.7 Å². The molecule has 0 spiro atoms. The number of ether oxygens (including phenoxy) is 2. The molecule has 176 valence electrons. The number of benzene rings is 2. The minimum atomic E-state index is -3.72. The van der Waals surface area contributed by atoms with Gasteiger partial charge in [-0.2, -0.15) is 9.39 Å². The number of nitrogens with zero attached hydrogens (tertiary/aromatic N) is 3. The molecule has 0 bridgehead atoms. The van der Waals surface area contributed by atoms with Crippen LogP contribution in [0.4, 0.5) is 0 Å². The van der Waals surface area contributed by atoms with Crippen LogP contribution in [0, 0.1) is 5.41 Å². The van der Waals surface area contributed by atoms with Crippen molar-refractivity contribution in [2.45, 2.75) is 0 Å². The minimum absolute atomic E-state index is 0.0216. The van der Waals surface area contributed by atoms with E-state index in [-0.39, 0.29) is 40.0 Å². The van der Waals surface area contributed by atoms with Crippen LogP contribution in [0.2, 0.25) is 10.0 Å². The number of para-hydroxylation sites is 1. The number of nitrogens with one attached hydrogen (secondary N) is 1. The zero-order valence-electron chi connectivity index (χ0n) is 17.5. The molecular weight excluding hydrogens is 523 g/mol. The molecule has 1 N–H and O–H groups in total. The van der Waals surface area contributed by atoms with Gasteiger partial charge in [0.2, 0.25) is 20.2 Å². The summed E-state index contributed by atoms with van der Waals surface area (Å²) in [4.78, 5) is 17.3. The van der Waals surface area contributed by atoms with Crippen LogP contribution in [-0.2, 0) is 14.6 Å². The Labute approximate surface area is 209 Å². The molecule has 13 heteroatoms. The van der Waals surface area contributed by atoms with Gasteiger partial charge in [0.1, 0.15) is 30.5 Å². The van der Waals surface area contributed by atoms with Gasteiger partial charge in [-0.15, -0.1) is 0 Å². The highest BCUT2D eigenvalue weighted by Crippen LogP contribution is 2.31. The smallest absolute Gasteiger partial charge is 0.283 e. The van der Waals surface area contributed by atoms with E-state index in [2.05, 4.69) is 9.39 Å². The number of hydrogen-bond acceptors (Lipinski definition) is 8. The summed E-state index contributed by atoms with van der Waals surface area (Å²) in [5.74, 6) is -0.0645. The topological polar surface area (TPSA) is 121 Å². The lowest BCUT2D eigenvalue weighted by Crippen LogP contribution is -2.45. The van der Waals surface area contributed by atoms with Crippen LogP contribution in [-0.4, -0.2) is 54.9 Å². The maximum Gasteiger partial charge on any atom is 0.283 e. The second-order valence-electron chi connectivity index (χ2n) is 7.00. The Morgan fingerprint density at radius 2 is 1.76 bits per heavy atom. The van der Waals surface area contributed by atoms with Crippen molar-refractivity contribution < 1.29 is 22.7 Å². The Hall–Kier alpha value is -2.86. The molecule has 2 aromatic carbocycles. The average Bonchev–Trinajstić information content (AvgIpc) is 3.21. The van der Waals surface area contributed by atoms with Crippen LogP contribution in [0.1, 0.15) is 5.56 Å². The third-order valence-corrected chi connectivity index (χ3v) is 6.89. The van der Waals surface area contributed by atoms with Crippen molar-refractivity contribution in [3.8, 4) is 11.5 Å². The molecule has 34 heavy (non-hydrogen) atoms. The summed E-state index contributed by atoms with van der Waals surface area (Å²) in [6.07, 6.45) is 2.38. The van der Waals surface area contributed by atoms with Crippen molar-refractivity contribution in [3.05, 3.63) is 63.6 Å². The van der Waals surface area contributed by atoms with Gasteiger partial charge in [-0.3, -0.25) is 10.2 Å². The number of hydrogen-bond donors (Lipinski definition) is 1. The summed E-state index contributed by atoms with van der Waals surface area (Å²) in [6.45, 7) is 0.460. The number of sulfone groups is 1. The lowest BCUT2D eigenvalue weighted by molar-refractivity contribution is -0.114. The fourth-order valence-electron chi connectivity index (χ4n) is 2.99. The number of rotatable bonds is 6. The van der Waals surface area contributed by atoms with Crippen LogP contribution in [0.5, 0.6) is 11.5 Å². The van der Waals surface area contributed by atoms with E-state index in [1.807, 2.05) is 6.07 Å². The Morgan fingerprint density at radius 1 is 1.09 bits per heavy atom. The molecule has 0 aliphatic carbocycles. The van der Waals surface area contributed by atoms with Crippen LogP contribution in [0.25, 0.3) is 6.08 Å². The summed E-state index contributed by atoms with van der Waals surface area (Å²) in [5, 5.41) is 8.83. The van der Waals surface area contributed by atoms with Crippen LogP contribution in [0.3, 0.4) is 0 Å². The molecule has 2 aliphatic heterocycles. The largest absolute Gasteiger partial charge is 0.488 e. The number of amidine groups is 3. The minimum Gasteiger partial charge on any atom is -0.488 e. The quantitative estimate of drug-likeness (QED) is 0.334. The molecule has 0 aromatic heterocycles. The Morgan fingerprint density at radius 3 is 2.41 bits per heavy atom. The molecule has 0 saturated heterocycles. The van der Waals surface area contributed by atoms with Crippen LogP contribution < -0.4 is 9.47 Å². The highest BCUT2D eigenvalue weighted by molar-refractivity contribution is 8.16. The predicted molar refractivity (Wildman–Crippen MR) is 134 cm³/mol. The van der Waals surface area contributed by atoms with Crippen molar-refractivity contribution in [2.75, 3.05) is 19.5 Å². The van der Waals surface area contributed by atoms with Gasteiger partial charge in [0.25, 0.3) is 5.91 Å². The van der Waals surface area contributed by atoms with Gasteiger partial charge in [-0.25, -0.2) is 13.3 Å². The normalized spacial score (nSPS) is 16.9. The number of aliphatic imine (C=N–C) groups is 1. The van der Waals surface area contributed by atoms with Crippen molar-refractivity contribution in [2.24, 2.45) is 9.39 Å². The number of halogens is 2. The van der Waals surface area contributed by atoms with E-state index >= 15 is 0 Å². The van der Waals surface area contributed by atoms with E-state index in [0.29, 0.717) is 22.1 Å². The fraction of sp³-hybridized carbons (Fsp3) is 0.143. The lowest BCUT2D eigenvalue weighted by Gasteiger charge is -2.23. The molecule has 0 saturated carbocycles. The number of carbonyl (C=O) groups excluding carboxylic acids is 1. The summed E-state index contributed by atoms with van der Waals surface area (Å²) in [7, 11) is -3.72. The zero-order valence-corrected chi connectivity index (χ0v) is 20.6. The van der Waals surface area contributed by atoms with Crippen molar-refractivity contribution >= 4 is 73.1 Å². The molecule has 4 rings (SSSR count). The maximum absolute atomic E-state index is 12.5. The van der Waals surface area contributed by atoms with E-state index in [4.69, 9.17) is 38.1 Å². The summed E-state index contributed by atoms with van der Waals surface area (Å²) < 4.78 is 39.0. The second kappa shape index (κ2) is 9.79. The van der Waals surface area contributed by atoms with Crippen molar-refractivity contribution in [1.29, 1.82) is 5.41 Å². The van der Waals surface area contributed by atoms with Gasteiger partial charge in [-0.1, -0.05) is 41.4 Å². The van der Waals surface area contributed by atoms with Gasteiger partial charge in [0, 0.05) is 6.26 Å². The Balaban J connectivity index is 1.46. The fourth-order valence-corrected chi connectivity index (χ4v) is 5.27.